The third-order valence-corrected chi connectivity index (χ3v) is 4.01. The lowest BCUT2D eigenvalue weighted by molar-refractivity contribution is -0.121. The minimum Gasteiger partial charge on any atom is -0.457 e. The van der Waals surface area contributed by atoms with E-state index in [9.17, 15) is 9.59 Å². The molecule has 3 rings (SSSR count). The van der Waals surface area contributed by atoms with Crippen LogP contribution in [0.3, 0.4) is 0 Å². The molecule has 2 aromatic carbocycles. The minimum atomic E-state index is -0.568. The van der Waals surface area contributed by atoms with Gasteiger partial charge in [0.2, 0.25) is 5.91 Å². The predicted molar refractivity (Wildman–Crippen MR) is 102 cm³/mol. The summed E-state index contributed by atoms with van der Waals surface area (Å²) in [6.45, 7) is 5.57. The Morgan fingerprint density at radius 1 is 1.00 bits per heavy atom. The molecule has 6 heteroatoms. The quantitative estimate of drug-likeness (QED) is 0.858. The summed E-state index contributed by atoms with van der Waals surface area (Å²) in [4.78, 5) is 24.1. The summed E-state index contributed by atoms with van der Waals surface area (Å²) in [6, 6.07) is 15.0. The third-order valence-electron chi connectivity index (χ3n) is 4.01. The number of carbonyl (C=O) groups is 2. The van der Waals surface area contributed by atoms with Crippen molar-refractivity contribution in [3.05, 3.63) is 59.7 Å². The summed E-state index contributed by atoms with van der Waals surface area (Å²) < 4.78 is 11.1. The Morgan fingerprint density at radius 2 is 1.56 bits per heavy atom. The highest BCUT2D eigenvalue weighted by Gasteiger charge is 2.28. The van der Waals surface area contributed by atoms with E-state index in [1.807, 2.05) is 48.5 Å². The van der Waals surface area contributed by atoms with Crippen LogP contribution in [0.2, 0.25) is 0 Å². The zero-order valence-corrected chi connectivity index (χ0v) is 15.7. The molecule has 0 unspecified atom stereocenters. The molecular formula is C21H24N2O4. The predicted octanol–water partition coefficient (Wildman–Crippen LogP) is 3.91. The van der Waals surface area contributed by atoms with Crippen LogP contribution in [-0.2, 0) is 9.53 Å². The average molecular weight is 368 g/mol. The zero-order chi connectivity index (χ0) is 19.4. The van der Waals surface area contributed by atoms with Gasteiger partial charge in [-0.15, -0.1) is 0 Å². The molecule has 142 valence electrons. The molecule has 0 saturated carbocycles. The SMILES string of the molecule is CC(C)(C)OC(=O)NCCC(=O)NC1c2ccccc2Oc2ccccc21. The molecule has 0 aliphatic carbocycles. The number of fused-ring (bicyclic) bond motifs is 2. The minimum absolute atomic E-state index is 0.154. The van der Waals surface area contributed by atoms with Crippen molar-refractivity contribution < 1.29 is 19.1 Å². The molecule has 2 N–H and O–H groups in total. The lowest BCUT2D eigenvalue weighted by atomic mass is 9.94. The molecule has 0 spiro atoms. The van der Waals surface area contributed by atoms with Gasteiger partial charge in [0.15, 0.2) is 0 Å². The van der Waals surface area contributed by atoms with Gasteiger partial charge in [-0.05, 0) is 32.9 Å². The van der Waals surface area contributed by atoms with E-state index in [1.54, 1.807) is 20.8 Å². The van der Waals surface area contributed by atoms with Crippen LogP contribution >= 0.6 is 0 Å². The van der Waals surface area contributed by atoms with Crippen LogP contribution in [0.15, 0.2) is 48.5 Å². The van der Waals surface area contributed by atoms with E-state index < -0.39 is 11.7 Å². The summed E-state index contributed by atoms with van der Waals surface area (Å²) >= 11 is 0. The number of para-hydroxylation sites is 2. The lowest BCUT2D eigenvalue weighted by Gasteiger charge is -2.28. The lowest BCUT2D eigenvalue weighted by Crippen LogP contribution is -2.36. The second-order valence-corrected chi connectivity index (χ2v) is 7.36. The Kier molecular flexibility index (Phi) is 5.35. The van der Waals surface area contributed by atoms with Crippen molar-refractivity contribution in [3.63, 3.8) is 0 Å². The fourth-order valence-electron chi connectivity index (χ4n) is 2.89. The number of benzene rings is 2. The molecule has 1 aliphatic heterocycles. The molecule has 0 saturated heterocycles. The first-order valence-corrected chi connectivity index (χ1v) is 8.95. The van der Waals surface area contributed by atoms with Crippen LogP contribution < -0.4 is 15.4 Å². The van der Waals surface area contributed by atoms with Gasteiger partial charge in [0.1, 0.15) is 17.1 Å². The number of carbonyl (C=O) groups excluding carboxylic acids is 2. The normalized spacial score (nSPS) is 13.0. The molecule has 2 aromatic rings. The van der Waals surface area contributed by atoms with Crippen LogP contribution in [0.5, 0.6) is 11.5 Å². The molecule has 27 heavy (non-hydrogen) atoms. The van der Waals surface area contributed by atoms with E-state index in [1.165, 1.54) is 0 Å². The molecule has 0 bridgehead atoms. The molecule has 0 fully saturated rings. The molecule has 1 heterocycles. The van der Waals surface area contributed by atoms with Crippen molar-refractivity contribution in [2.24, 2.45) is 0 Å². The van der Waals surface area contributed by atoms with E-state index in [0.29, 0.717) is 0 Å². The standard InChI is InChI=1S/C21H24N2O4/c1-21(2,3)27-20(25)22-13-12-18(24)23-19-14-8-4-6-10-16(14)26-17-11-7-5-9-15(17)19/h4-11,19H,12-13H2,1-3H3,(H,22,25)(H,23,24). The largest absolute Gasteiger partial charge is 0.457 e. The monoisotopic (exact) mass is 368 g/mol. The van der Waals surface area contributed by atoms with Crippen LogP contribution in [0, 0.1) is 0 Å². The zero-order valence-electron chi connectivity index (χ0n) is 15.7. The van der Waals surface area contributed by atoms with Crippen molar-refractivity contribution in [3.8, 4) is 11.5 Å². The second kappa shape index (κ2) is 7.70. The Morgan fingerprint density at radius 3 is 2.11 bits per heavy atom. The van der Waals surface area contributed by atoms with E-state index >= 15 is 0 Å². The molecular weight excluding hydrogens is 344 g/mol. The van der Waals surface area contributed by atoms with E-state index in [2.05, 4.69) is 10.6 Å². The number of hydrogen-bond donors (Lipinski definition) is 2. The van der Waals surface area contributed by atoms with Gasteiger partial charge in [0.25, 0.3) is 0 Å². The maximum absolute atomic E-state index is 12.5. The number of ether oxygens (including phenoxy) is 2. The summed E-state index contributed by atoms with van der Waals surface area (Å²) in [7, 11) is 0. The van der Waals surface area contributed by atoms with Gasteiger partial charge in [-0.3, -0.25) is 4.79 Å². The Labute approximate surface area is 158 Å². The van der Waals surface area contributed by atoms with E-state index in [4.69, 9.17) is 9.47 Å². The fourth-order valence-corrected chi connectivity index (χ4v) is 2.89. The van der Waals surface area contributed by atoms with Crippen LogP contribution in [-0.4, -0.2) is 24.1 Å². The van der Waals surface area contributed by atoms with Gasteiger partial charge >= 0.3 is 6.09 Å². The first kappa shape index (κ1) is 18.8. The van der Waals surface area contributed by atoms with Crippen molar-refractivity contribution in [1.29, 1.82) is 0 Å². The number of nitrogens with one attached hydrogen (secondary N) is 2. The van der Waals surface area contributed by atoms with Crippen LogP contribution in [0.4, 0.5) is 4.79 Å². The number of rotatable bonds is 4. The Bertz CT molecular complexity index is 797. The highest BCUT2D eigenvalue weighted by molar-refractivity contribution is 5.78. The maximum Gasteiger partial charge on any atom is 0.407 e. The molecule has 0 aromatic heterocycles. The molecule has 1 aliphatic rings. The second-order valence-electron chi connectivity index (χ2n) is 7.36. The van der Waals surface area contributed by atoms with E-state index in [0.717, 1.165) is 22.6 Å². The number of amides is 2. The summed E-state index contributed by atoms with van der Waals surface area (Å²) in [5.74, 6) is 1.30. The van der Waals surface area contributed by atoms with Crippen molar-refractivity contribution in [1.82, 2.24) is 10.6 Å². The number of hydrogen-bond acceptors (Lipinski definition) is 4. The highest BCUT2D eigenvalue weighted by atomic mass is 16.6. The molecule has 0 atom stereocenters. The Hall–Kier alpha value is -3.02. The summed E-state index contributed by atoms with van der Waals surface area (Å²) in [5, 5.41) is 5.64. The first-order valence-electron chi connectivity index (χ1n) is 8.95. The molecule has 0 radical (unpaired) electrons. The smallest absolute Gasteiger partial charge is 0.407 e. The first-order chi connectivity index (χ1) is 12.8. The summed E-state index contributed by atoms with van der Waals surface area (Å²) in [6.07, 6.45) is -0.377. The maximum atomic E-state index is 12.5. The van der Waals surface area contributed by atoms with Gasteiger partial charge in [0.05, 0.1) is 6.04 Å². The Balaban J connectivity index is 1.64. The molecule has 2 amide bonds. The number of alkyl carbamates (subject to hydrolysis) is 1. The van der Waals surface area contributed by atoms with Gasteiger partial charge in [0, 0.05) is 24.1 Å². The van der Waals surface area contributed by atoms with Crippen molar-refractivity contribution in [2.75, 3.05) is 6.54 Å². The van der Waals surface area contributed by atoms with Gasteiger partial charge in [-0.2, -0.15) is 0 Å². The van der Waals surface area contributed by atoms with Crippen molar-refractivity contribution in [2.45, 2.75) is 38.8 Å². The third kappa shape index (κ3) is 4.78. The fraction of sp³-hybridized carbons (Fsp3) is 0.333. The van der Waals surface area contributed by atoms with Crippen LogP contribution in [0.1, 0.15) is 44.4 Å². The topological polar surface area (TPSA) is 76.7 Å². The van der Waals surface area contributed by atoms with Gasteiger partial charge in [-0.25, -0.2) is 4.79 Å². The van der Waals surface area contributed by atoms with Crippen molar-refractivity contribution >= 4 is 12.0 Å². The van der Waals surface area contributed by atoms with Gasteiger partial charge < -0.3 is 20.1 Å². The van der Waals surface area contributed by atoms with Crippen LogP contribution in [0.25, 0.3) is 0 Å². The van der Waals surface area contributed by atoms with Gasteiger partial charge in [-0.1, -0.05) is 36.4 Å². The van der Waals surface area contributed by atoms with E-state index in [-0.39, 0.29) is 24.9 Å². The average Bonchev–Trinajstić information content (AvgIpc) is 2.60. The molecule has 6 nitrogen and oxygen atoms in total. The summed E-state index contributed by atoms with van der Waals surface area (Å²) in [5.41, 5.74) is 1.25. The highest BCUT2D eigenvalue weighted by Crippen LogP contribution is 2.42.